The summed E-state index contributed by atoms with van der Waals surface area (Å²) in [7, 11) is 0. The standard InChI is InChI=1S/C26H30Cl2N2O5/c1-18(31)29-12-8-21(9-13-29)35-20-4-2-19(3-5-20)25(32)30-14-10-26(33,11-15-30)17-34-22-6-7-23(27)24(28)16-22/h2-7,16,21,33H,8-15,17H2,1H3. The van der Waals surface area contributed by atoms with Crippen LogP contribution in [0.2, 0.25) is 10.0 Å². The SMILES string of the molecule is CC(=O)N1CCC(Oc2ccc(C(=O)N3CCC(O)(COc4ccc(Cl)c(Cl)c4)CC3)cc2)CC1. The molecule has 2 amide bonds. The normalized spacial score (nSPS) is 18.3. The molecule has 0 aliphatic carbocycles. The highest BCUT2D eigenvalue weighted by atomic mass is 35.5. The van der Waals surface area contributed by atoms with Crippen LogP contribution in [0.4, 0.5) is 0 Å². The van der Waals surface area contributed by atoms with Gasteiger partial charge in [-0.1, -0.05) is 23.2 Å². The Balaban J connectivity index is 1.25. The molecule has 1 N–H and O–H groups in total. The summed E-state index contributed by atoms with van der Waals surface area (Å²) in [6.45, 7) is 3.99. The number of carbonyl (C=O) groups excluding carboxylic acids is 2. The first-order chi connectivity index (χ1) is 16.7. The first-order valence-electron chi connectivity index (χ1n) is 11.8. The molecule has 2 aliphatic heterocycles. The maximum absolute atomic E-state index is 13.0. The molecule has 0 spiro atoms. The van der Waals surface area contributed by atoms with Gasteiger partial charge in [-0.2, -0.15) is 0 Å². The second kappa shape index (κ2) is 11.1. The highest BCUT2D eigenvalue weighted by Crippen LogP contribution is 2.29. The average molecular weight is 521 g/mol. The van der Waals surface area contributed by atoms with E-state index in [1.807, 2.05) is 17.0 Å². The van der Waals surface area contributed by atoms with Gasteiger partial charge in [0.1, 0.15) is 29.8 Å². The van der Waals surface area contributed by atoms with Gasteiger partial charge >= 0.3 is 0 Å². The zero-order chi connectivity index (χ0) is 25.0. The molecule has 9 heteroatoms. The second-order valence-electron chi connectivity index (χ2n) is 9.23. The fourth-order valence-electron chi connectivity index (χ4n) is 4.39. The van der Waals surface area contributed by atoms with Crippen molar-refractivity contribution in [1.82, 2.24) is 9.80 Å². The lowest BCUT2D eigenvalue weighted by atomic mass is 9.92. The van der Waals surface area contributed by atoms with Crippen LogP contribution in [0.5, 0.6) is 11.5 Å². The van der Waals surface area contributed by atoms with Crippen molar-refractivity contribution >= 4 is 35.0 Å². The smallest absolute Gasteiger partial charge is 0.253 e. The van der Waals surface area contributed by atoms with Crippen molar-refractivity contribution in [2.24, 2.45) is 0 Å². The van der Waals surface area contributed by atoms with Gasteiger partial charge in [-0.15, -0.1) is 0 Å². The lowest BCUT2D eigenvalue weighted by molar-refractivity contribution is -0.130. The van der Waals surface area contributed by atoms with Crippen molar-refractivity contribution in [1.29, 1.82) is 0 Å². The number of halogens is 2. The monoisotopic (exact) mass is 520 g/mol. The Morgan fingerprint density at radius 3 is 2.17 bits per heavy atom. The van der Waals surface area contributed by atoms with Gasteiger partial charge in [-0.3, -0.25) is 9.59 Å². The molecular weight excluding hydrogens is 491 g/mol. The predicted octanol–water partition coefficient (Wildman–Crippen LogP) is 4.43. The van der Waals surface area contributed by atoms with Gasteiger partial charge in [-0.25, -0.2) is 0 Å². The van der Waals surface area contributed by atoms with Gasteiger partial charge in [0.15, 0.2) is 0 Å². The number of aliphatic hydroxyl groups is 1. The molecule has 2 aromatic rings. The molecule has 2 saturated heterocycles. The van der Waals surface area contributed by atoms with Gasteiger partial charge in [0.25, 0.3) is 5.91 Å². The average Bonchev–Trinajstić information content (AvgIpc) is 2.86. The van der Waals surface area contributed by atoms with E-state index >= 15 is 0 Å². The number of rotatable bonds is 6. The molecule has 0 bridgehead atoms. The number of piperidine rings is 2. The number of nitrogens with zero attached hydrogens (tertiary/aromatic N) is 2. The summed E-state index contributed by atoms with van der Waals surface area (Å²) in [5.74, 6) is 1.29. The Kier molecular flexibility index (Phi) is 8.09. The molecule has 0 saturated carbocycles. The topological polar surface area (TPSA) is 79.3 Å². The van der Waals surface area contributed by atoms with E-state index in [1.54, 1.807) is 42.2 Å². The van der Waals surface area contributed by atoms with Gasteiger partial charge in [-0.05, 0) is 49.2 Å². The molecule has 35 heavy (non-hydrogen) atoms. The molecular formula is C26H30Cl2N2O5. The van der Waals surface area contributed by atoms with Gasteiger partial charge < -0.3 is 24.4 Å². The van der Waals surface area contributed by atoms with Gasteiger partial charge in [0, 0.05) is 57.6 Å². The molecule has 4 rings (SSSR count). The van der Waals surface area contributed by atoms with Crippen LogP contribution in [0.15, 0.2) is 42.5 Å². The summed E-state index contributed by atoms with van der Waals surface area (Å²) >= 11 is 11.9. The zero-order valence-corrected chi connectivity index (χ0v) is 21.2. The summed E-state index contributed by atoms with van der Waals surface area (Å²) in [5, 5.41) is 11.7. The van der Waals surface area contributed by atoms with Gasteiger partial charge in [0.05, 0.1) is 10.0 Å². The molecule has 2 fully saturated rings. The minimum Gasteiger partial charge on any atom is -0.491 e. The van der Waals surface area contributed by atoms with Crippen LogP contribution in [0.3, 0.4) is 0 Å². The van der Waals surface area contributed by atoms with Crippen molar-refractivity contribution < 1.29 is 24.2 Å². The van der Waals surface area contributed by atoms with E-state index in [9.17, 15) is 14.7 Å². The highest BCUT2D eigenvalue weighted by molar-refractivity contribution is 6.42. The van der Waals surface area contributed by atoms with Crippen LogP contribution < -0.4 is 9.47 Å². The van der Waals surface area contributed by atoms with Crippen LogP contribution in [0.1, 0.15) is 43.0 Å². The van der Waals surface area contributed by atoms with E-state index in [1.165, 1.54) is 0 Å². The van der Waals surface area contributed by atoms with Crippen LogP contribution in [0, 0.1) is 0 Å². The molecule has 0 unspecified atom stereocenters. The number of hydrogen-bond donors (Lipinski definition) is 1. The second-order valence-corrected chi connectivity index (χ2v) is 10.0. The minimum atomic E-state index is -1.02. The highest BCUT2D eigenvalue weighted by Gasteiger charge is 2.35. The fourth-order valence-corrected chi connectivity index (χ4v) is 4.68. The number of benzene rings is 2. The number of hydrogen-bond acceptors (Lipinski definition) is 5. The molecule has 0 aromatic heterocycles. The number of likely N-dealkylation sites (tertiary alicyclic amines) is 2. The van der Waals surface area contributed by atoms with E-state index < -0.39 is 5.60 Å². The van der Waals surface area contributed by atoms with Crippen molar-refractivity contribution in [2.75, 3.05) is 32.8 Å². The summed E-state index contributed by atoms with van der Waals surface area (Å²) < 4.78 is 11.8. The lowest BCUT2D eigenvalue weighted by Gasteiger charge is -2.38. The predicted molar refractivity (Wildman–Crippen MR) is 134 cm³/mol. The summed E-state index contributed by atoms with van der Waals surface area (Å²) in [4.78, 5) is 28.0. The minimum absolute atomic E-state index is 0.0676. The van der Waals surface area contributed by atoms with Crippen molar-refractivity contribution in [3.05, 3.63) is 58.1 Å². The summed E-state index contributed by atoms with van der Waals surface area (Å²) in [6, 6.07) is 12.2. The quantitative estimate of drug-likeness (QED) is 0.609. The third-order valence-corrected chi connectivity index (χ3v) is 7.41. The summed E-state index contributed by atoms with van der Waals surface area (Å²) in [5.41, 5.74) is -0.431. The van der Waals surface area contributed by atoms with E-state index in [0.717, 1.165) is 18.6 Å². The molecule has 0 atom stereocenters. The summed E-state index contributed by atoms with van der Waals surface area (Å²) in [6.07, 6.45) is 2.50. The molecule has 2 aliphatic rings. The molecule has 188 valence electrons. The van der Waals surface area contributed by atoms with Crippen molar-refractivity contribution in [2.45, 2.75) is 44.3 Å². The van der Waals surface area contributed by atoms with Crippen molar-refractivity contribution in [3.8, 4) is 11.5 Å². The van der Waals surface area contributed by atoms with Crippen LogP contribution in [-0.2, 0) is 4.79 Å². The Morgan fingerprint density at radius 1 is 0.943 bits per heavy atom. The van der Waals surface area contributed by atoms with Crippen LogP contribution in [-0.4, -0.2) is 71.2 Å². The van der Waals surface area contributed by atoms with Gasteiger partial charge in [0.2, 0.25) is 5.91 Å². The maximum Gasteiger partial charge on any atom is 0.253 e. The third-order valence-electron chi connectivity index (χ3n) is 6.67. The molecule has 0 radical (unpaired) electrons. The zero-order valence-electron chi connectivity index (χ0n) is 19.7. The maximum atomic E-state index is 13.0. The third kappa shape index (κ3) is 6.60. The number of amides is 2. The first kappa shape index (κ1) is 25.6. The molecule has 2 aromatic carbocycles. The Labute approximate surface area is 215 Å². The Bertz CT molecular complexity index is 1050. The van der Waals surface area contributed by atoms with Crippen LogP contribution >= 0.6 is 23.2 Å². The lowest BCUT2D eigenvalue weighted by Crippen LogP contribution is -2.49. The van der Waals surface area contributed by atoms with E-state index in [4.69, 9.17) is 32.7 Å². The van der Waals surface area contributed by atoms with Crippen molar-refractivity contribution in [3.63, 3.8) is 0 Å². The van der Waals surface area contributed by atoms with Crippen LogP contribution in [0.25, 0.3) is 0 Å². The fraction of sp³-hybridized carbons (Fsp3) is 0.462. The van der Waals surface area contributed by atoms with E-state index in [2.05, 4.69) is 0 Å². The Morgan fingerprint density at radius 2 is 1.57 bits per heavy atom. The number of carbonyl (C=O) groups is 2. The van der Waals surface area contributed by atoms with E-state index in [0.29, 0.717) is 60.4 Å². The molecule has 7 nitrogen and oxygen atoms in total. The first-order valence-corrected chi connectivity index (χ1v) is 12.6. The Hall–Kier alpha value is -2.48. The number of ether oxygens (including phenoxy) is 2. The largest absolute Gasteiger partial charge is 0.491 e. The molecule has 2 heterocycles. The van der Waals surface area contributed by atoms with E-state index in [-0.39, 0.29) is 24.5 Å².